The molecule has 2 aromatic rings. The third-order valence-corrected chi connectivity index (χ3v) is 5.41. The molecule has 1 fully saturated rings. The number of para-hydroxylation sites is 1. The Labute approximate surface area is 164 Å². The van der Waals surface area contributed by atoms with Crippen LogP contribution in [0.4, 0.5) is 0 Å². The number of rotatable bonds is 4. The van der Waals surface area contributed by atoms with Crippen LogP contribution in [-0.4, -0.2) is 57.8 Å². The lowest BCUT2D eigenvalue weighted by Crippen LogP contribution is -2.39. The molecule has 1 aromatic carbocycles. The van der Waals surface area contributed by atoms with Crippen LogP contribution in [0.25, 0.3) is 0 Å². The van der Waals surface area contributed by atoms with E-state index >= 15 is 0 Å². The first-order chi connectivity index (χ1) is 13.6. The normalized spacial score (nSPS) is 18.7. The van der Waals surface area contributed by atoms with E-state index in [0.29, 0.717) is 31.8 Å². The van der Waals surface area contributed by atoms with Crippen LogP contribution < -0.4 is 4.74 Å². The highest BCUT2D eigenvalue weighted by Gasteiger charge is 2.29. The van der Waals surface area contributed by atoms with Crippen molar-refractivity contribution in [2.75, 3.05) is 26.2 Å². The fourth-order valence-electron chi connectivity index (χ4n) is 3.75. The molecule has 1 saturated heterocycles. The number of likely N-dealkylation sites (tertiary alicyclic amines) is 1. The van der Waals surface area contributed by atoms with Crippen molar-refractivity contribution in [1.82, 2.24) is 19.8 Å². The second-order valence-corrected chi connectivity index (χ2v) is 7.32. The van der Waals surface area contributed by atoms with E-state index in [9.17, 15) is 9.59 Å². The second-order valence-electron chi connectivity index (χ2n) is 7.32. The van der Waals surface area contributed by atoms with Crippen molar-refractivity contribution in [3.8, 4) is 5.75 Å². The van der Waals surface area contributed by atoms with Gasteiger partial charge in [-0.05, 0) is 18.6 Å². The summed E-state index contributed by atoms with van der Waals surface area (Å²) in [4.78, 5) is 37.0. The molecular formula is C21H24N4O3. The van der Waals surface area contributed by atoms with Gasteiger partial charge in [-0.2, -0.15) is 0 Å². The molecule has 0 saturated carbocycles. The SMILES string of the molecule is CC(=O)N1CC[C@@H](c2ncc3c(n2)CCN(C(=O)COc2ccccc2)C3)C1. The number of amides is 2. The molecule has 0 N–H and O–H groups in total. The lowest BCUT2D eigenvalue weighted by atomic mass is 10.0. The fraction of sp³-hybridized carbons (Fsp3) is 0.429. The van der Waals surface area contributed by atoms with Crippen molar-refractivity contribution in [2.45, 2.75) is 32.2 Å². The van der Waals surface area contributed by atoms with Crippen LogP contribution in [0.5, 0.6) is 5.75 Å². The average molecular weight is 380 g/mol. The monoisotopic (exact) mass is 380 g/mol. The summed E-state index contributed by atoms with van der Waals surface area (Å²) in [6.07, 6.45) is 3.45. The van der Waals surface area contributed by atoms with Gasteiger partial charge in [0.2, 0.25) is 5.91 Å². The van der Waals surface area contributed by atoms with Crippen LogP contribution in [0.15, 0.2) is 36.5 Å². The highest BCUT2D eigenvalue weighted by Crippen LogP contribution is 2.26. The van der Waals surface area contributed by atoms with Gasteiger partial charge in [0.25, 0.3) is 5.91 Å². The Kier molecular flexibility index (Phi) is 5.23. The highest BCUT2D eigenvalue weighted by molar-refractivity contribution is 5.78. The van der Waals surface area contributed by atoms with Gasteiger partial charge in [0.05, 0.1) is 5.69 Å². The van der Waals surface area contributed by atoms with Gasteiger partial charge in [-0.3, -0.25) is 9.59 Å². The molecule has 2 amide bonds. The van der Waals surface area contributed by atoms with Crippen molar-refractivity contribution >= 4 is 11.8 Å². The molecule has 3 heterocycles. The molecule has 0 aliphatic carbocycles. The van der Waals surface area contributed by atoms with Gasteiger partial charge in [0, 0.05) is 57.2 Å². The Bertz CT molecular complexity index is 871. The van der Waals surface area contributed by atoms with Gasteiger partial charge < -0.3 is 14.5 Å². The number of benzene rings is 1. The van der Waals surface area contributed by atoms with E-state index in [1.807, 2.05) is 41.4 Å². The van der Waals surface area contributed by atoms with Crippen LogP contribution in [0.2, 0.25) is 0 Å². The number of carbonyl (C=O) groups excluding carboxylic acids is 2. The number of aromatic nitrogens is 2. The van der Waals surface area contributed by atoms with Gasteiger partial charge in [-0.1, -0.05) is 18.2 Å². The summed E-state index contributed by atoms with van der Waals surface area (Å²) >= 11 is 0. The lowest BCUT2D eigenvalue weighted by molar-refractivity contribution is -0.134. The predicted octanol–water partition coefficient (Wildman–Crippen LogP) is 1.78. The Morgan fingerprint density at radius 3 is 2.75 bits per heavy atom. The topological polar surface area (TPSA) is 75.6 Å². The van der Waals surface area contributed by atoms with Crippen LogP contribution in [0.1, 0.15) is 36.3 Å². The van der Waals surface area contributed by atoms with E-state index in [1.165, 1.54) is 0 Å². The molecule has 7 heteroatoms. The summed E-state index contributed by atoms with van der Waals surface area (Å²) in [5.74, 6) is 1.78. The van der Waals surface area contributed by atoms with Crippen LogP contribution in [0.3, 0.4) is 0 Å². The molecule has 2 aliphatic rings. The summed E-state index contributed by atoms with van der Waals surface area (Å²) in [7, 11) is 0. The maximum atomic E-state index is 12.5. The maximum Gasteiger partial charge on any atom is 0.260 e. The van der Waals surface area contributed by atoms with E-state index in [1.54, 1.807) is 11.8 Å². The number of ether oxygens (including phenoxy) is 1. The van der Waals surface area contributed by atoms with Crippen molar-refractivity contribution < 1.29 is 14.3 Å². The van der Waals surface area contributed by atoms with Crippen molar-refractivity contribution in [3.63, 3.8) is 0 Å². The summed E-state index contributed by atoms with van der Waals surface area (Å²) in [5, 5.41) is 0. The molecule has 7 nitrogen and oxygen atoms in total. The molecular weight excluding hydrogens is 356 g/mol. The molecule has 2 aliphatic heterocycles. The standard InChI is InChI=1S/C21H24N4O3/c1-15(26)24-9-7-16(12-24)21-22-11-17-13-25(10-8-19(17)23-21)20(27)14-28-18-5-3-2-4-6-18/h2-6,11,16H,7-10,12-14H2,1H3/t16-/m1/s1. The highest BCUT2D eigenvalue weighted by atomic mass is 16.5. The van der Waals surface area contributed by atoms with Crippen molar-refractivity contribution in [3.05, 3.63) is 53.6 Å². The van der Waals surface area contributed by atoms with E-state index in [2.05, 4.69) is 4.98 Å². The van der Waals surface area contributed by atoms with Gasteiger partial charge in [-0.15, -0.1) is 0 Å². The van der Waals surface area contributed by atoms with E-state index in [-0.39, 0.29) is 24.3 Å². The molecule has 0 radical (unpaired) electrons. The van der Waals surface area contributed by atoms with Gasteiger partial charge in [-0.25, -0.2) is 9.97 Å². The number of hydrogen-bond acceptors (Lipinski definition) is 5. The first kappa shape index (κ1) is 18.4. The number of carbonyl (C=O) groups is 2. The van der Waals surface area contributed by atoms with E-state index in [0.717, 1.165) is 30.0 Å². The summed E-state index contributed by atoms with van der Waals surface area (Å²) in [5.41, 5.74) is 2.00. The summed E-state index contributed by atoms with van der Waals surface area (Å²) in [6, 6.07) is 9.35. The Balaban J connectivity index is 1.37. The zero-order valence-corrected chi connectivity index (χ0v) is 16.0. The molecule has 0 bridgehead atoms. The van der Waals surface area contributed by atoms with E-state index < -0.39 is 0 Å². The predicted molar refractivity (Wildman–Crippen MR) is 103 cm³/mol. The summed E-state index contributed by atoms with van der Waals surface area (Å²) in [6.45, 7) is 4.23. The van der Waals surface area contributed by atoms with Crippen molar-refractivity contribution in [2.24, 2.45) is 0 Å². The van der Waals surface area contributed by atoms with Gasteiger partial charge in [0.1, 0.15) is 11.6 Å². The quantitative estimate of drug-likeness (QED) is 0.808. The van der Waals surface area contributed by atoms with E-state index in [4.69, 9.17) is 9.72 Å². The molecule has 146 valence electrons. The zero-order valence-electron chi connectivity index (χ0n) is 16.0. The maximum absolute atomic E-state index is 12.5. The minimum Gasteiger partial charge on any atom is -0.484 e. The zero-order chi connectivity index (χ0) is 19.5. The third kappa shape index (κ3) is 3.98. The summed E-state index contributed by atoms with van der Waals surface area (Å²) < 4.78 is 5.57. The van der Waals surface area contributed by atoms with Crippen LogP contribution in [-0.2, 0) is 22.6 Å². The first-order valence-electron chi connectivity index (χ1n) is 9.66. The number of hydrogen-bond donors (Lipinski definition) is 0. The smallest absolute Gasteiger partial charge is 0.260 e. The molecule has 4 rings (SSSR count). The number of fused-ring (bicyclic) bond motifs is 1. The fourth-order valence-corrected chi connectivity index (χ4v) is 3.75. The lowest BCUT2D eigenvalue weighted by Gasteiger charge is -2.28. The van der Waals surface area contributed by atoms with Crippen molar-refractivity contribution in [1.29, 1.82) is 0 Å². The minimum atomic E-state index is -0.0357. The molecule has 0 unspecified atom stereocenters. The third-order valence-electron chi connectivity index (χ3n) is 5.41. The Morgan fingerprint density at radius 2 is 2.00 bits per heavy atom. The Hall–Kier alpha value is -2.96. The van der Waals surface area contributed by atoms with Crippen LogP contribution in [0, 0.1) is 0 Å². The first-order valence-corrected chi connectivity index (χ1v) is 9.66. The minimum absolute atomic E-state index is 0.0290. The van der Waals surface area contributed by atoms with Gasteiger partial charge in [0.15, 0.2) is 6.61 Å². The molecule has 0 spiro atoms. The molecule has 28 heavy (non-hydrogen) atoms. The average Bonchev–Trinajstić information content (AvgIpc) is 3.23. The molecule has 1 atom stereocenters. The molecule has 1 aromatic heterocycles. The second kappa shape index (κ2) is 7.96. The van der Waals surface area contributed by atoms with Gasteiger partial charge >= 0.3 is 0 Å². The Morgan fingerprint density at radius 1 is 1.18 bits per heavy atom. The number of nitrogens with zero attached hydrogens (tertiary/aromatic N) is 4. The van der Waals surface area contributed by atoms with Crippen LogP contribution >= 0.6 is 0 Å². The largest absolute Gasteiger partial charge is 0.484 e.